The first-order valence-electron chi connectivity index (χ1n) is 8.25. The molecular weight excluding hydrogens is 334 g/mol. The summed E-state index contributed by atoms with van der Waals surface area (Å²) in [6.07, 6.45) is 2.39. The first kappa shape index (κ1) is 21.3. The highest BCUT2D eigenvalue weighted by atomic mass is 16.5. The van der Waals surface area contributed by atoms with Crippen LogP contribution in [0.3, 0.4) is 0 Å². The van der Waals surface area contributed by atoms with Gasteiger partial charge in [-0.1, -0.05) is 6.07 Å². The smallest absolute Gasteiger partial charge is 0.253 e. The summed E-state index contributed by atoms with van der Waals surface area (Å²) in [4.78, 5) is 33.3. The van der Waals surface area contributed by atoms with Crippen LogP contribution in [0.5, 0.6) is 5.75 Å². The van der Waals surface area contributed by atoms with E-state index in [0.717, 1.165) is 0 Å². The minimum absolute atomic E-state index is 0.0617. The molecule has 26 heavy (non-hydrogen) atoms. The van der Waals surface area contributed by atoms with Crippen molar-refractivity contribution in [1.29, 1.82) is 0 Å². The van der Waals surface area contributed by atoms with E-state index < -0.39 is 0 Å². The van der Waals surface area contributed by atoms with Gasteiger partial charge in [-0.25, -0.2) is 0 Å². The number of aliphatic imine (C=N–C) groups is 2. The van der Waals surface area contributed by atoms with E-state index in [1.54, 1.807) is 45.6 Å². The Morgan fingerprint density at radius 2 is 2.12 bits per heavy atom. The van der Waals surface area contributed by atoms with Gasteiger partial charge >= 0.3 is 0 Å². The van der Waals surface area contributed by atoms with E-state index in [-0.39, 0.29) is 31.1 Å². The summed E-state index contributed by atoms with van der Waals surface area (Å²) in [5, 5.41) is 5.77. The summed E-state index contributed by atoms with van der Waals surface area (Å²) in [5.74, 6) is 0.0965. The lowest BCUT2D eigenvalue weighted by molar-refractivity contribution is -0.127. The molecule has 1 aromatic carbocycles. The third kappa shape index (κ3) is 6.64. The van der Waals surface area contributed by atoms with Crippen molar-refractivity contribution in [3.8, 4) is 5.75 Å². The highest BCUT2D eigenvalue weighted by molar-refractivity contribution is 6.00. The van der Waals surface area contributed by atoms with Gasteiger partial charge in [-0.2, -0.15) is 0 Å². The number of carbonyl (C=O) groups is 2. The normalized spacial score (nSPS) is 11.8. The minimum Gasteiger partial charge on any atom is -0.476 e. The monoisotopic (exact) mass is 361 g/mol. The molecule has 0 aliphatic rings. The van der Waals surface area contributed by atoms with Crippen LogP contribution in [0.1, 0.15) is 23.7 Å². The van der Waals surface area contributed by atoms with Crippen LogP contribution in [0.4, 0.5) is 5.69 Å². The molecule has 0 bridgehead atoms. The number of carbonyl (C=O) groups excluding carboxylic acids is 2. The van der Waals surface area contributed by atoms with Crippen molar-refractivity contribution < 1.29 is 14.3 Å². The molecule has 0 spiro atoms. The third-order valence-electron chi connectivity index (χ3n) is 3.53. The van der Waals surface area contributed by atoms with E-state index in [9.17, 15) is 9.59 Å². The molecule has 0 fully saturated rings. The molecule has 0 aromatic heterocycles. The number of rotatable bonds is 10. The number of benzene rings is 1. The van der Waals surface area contributed by atoms with Crippen LogP contribution in [-0.4, -0.2) is 70.1 Å². The predicted octanol–water partition coefficient (Wildman–Crippen LogP) is 1.24. The van der Waals surface area contributed by atoms with Gasteiger partial charge in [0.1, 0.15) is 18.2 Å². The van der Waals surface area contributed by atoms with Crippen molar-refractivity contribution in [3.05, 3.63) is 23.8 Å². The Bertz CT molecular complexity index is 658. The second kappa shape index (κ2) is 11.0. The summed E-state index contributed by atoms with van der Waals surface area (Å²) in [6, 6.07) is 5.01. The summed E-state index contributed by atoms with van der Waals surface area (Å²) in [7, 11) is 5.05. The maximum absolute atomic E-state index is 12.5. The minimum atomic E-state index is -0.259. The zero-order chi connectivity index (χ0) is 19.5. The van der Waals surface area contributed by atoms with Gasteiger partial charge in [0, 0.05) is 39.8 Å². The van der Waals surface area contributed by atoms with E-state index in [1.807, 2.05) is 6.92 Å². The van der Waals surface area contributed by atoms with Gasteiger partial charge in [0.25, 0.3) is 5.91 Å². The van der Waals surface area contributed by atoms with Crippen LogP contribution < -0.4 is 15.4 Å². The largest absolute Gasteiger partial charge is 0.476 e. The average molecular weight is 361 g/mol. The molecule has 0 saturated carbocycles. The topological polar surface area (TPSA) is 95.4 Å². The van der Waals surface area contributed by atoms with Gasteiger partial charge in [-0.15, -0.1) is 0 Å². The predicted molar refractivity (Wildman–Crippen MR) is 104 cm³/mol. The highest BCUT2D eigenvalue weighted by Crippen LogP contribution is 2.31. The van der Waals surface area contributed by atoms with E-state index in [4.69, 9.17) is 4.74 Å². The molecule has 8 nitrogen and oxygen atoms in total. The number of ether oxygens (including phenoxy) is 1. The van der Waals surface area contributed by atoms with Crippen LogP contribution in [0.15, 0.2) is 28.2 Å². The summed E-state index contributed by atoms with van der Waals surface area (Å²) in [6.45, 7) is 5.69. The van der Waals surface area contributed by atoms with Crippen molar-refractivity contribution in [3.63, 3.8) is 0 Å². The number of hydrogen-bond donors (Lipinski definition) is 2. The van der Waals surface area contributed by atoms with Crippen LogP contribution in [-0.2, 0) is 4.79 Å². The molecule has 2 amide bonds. The van der Waals surface area contributed by atoms with Gasteiger partial charge in [-0.3, -0.25) is 19.9 Å². The summed E-state index contributed by atoms with van der Waals surface area (Å²) < 4.78 is 5.60. The van der Waals surface area contributed by atoms with Crippen molar-refractivity contribution in [2.24, 2.45) is 9.98 Å². The first-order valence-corrected chi connectivity index (χ1v) is 8.25. The summed E-state index contributed by atoms with van der Waals surface area (Å²) >= 11 is 0. The van der Waals surface area contributed by atoms with Gasteiger partial charge in [0.15, 0.2) is 0 Å². The van der Waals surface area contributed by atoms with Crippen molar-refractivity contribution in [2.75, 3.05) is 34.4 Å². The van der Waals surface area contributed by atoms with Gasteiger partial charge < -0.3 is 19.9 Å². The molecule has 1 aromatic rings. The molecule has 2 N–H and O–H groups in total. The fraction of sp³-hybridized carbons (Fsp3) is 0.444. The number of nitrogens with one attached hydrogen (secondary N) is 2. The average Bonchev–Trinajstić information content (AvgIpc) is 2.62. The molecule has 0 heterocycles. The van der Waals surface area contributed by atoms with Crippen LogP contribution in [0.2, 0.25) is 0 Å². The molecular formula is C18H27N5O3. The lowest BCUT2D eigenvalue weighted by atomic mass is 10.1. The van der Waals surface area contributed by atoms with Crippen LogP contribution in [0.25, 0.3) is 0 Å². The van der Waals surface area contributed by atoms with Gasteiger partial charge in [-0.05, 0) is 25.8 Å². The zero-order valence-corrected chi connectivity index (χ0v) is 15.8. The van der Waals surface area contributed by atoms with E-state index in [2.05, 4.69) is 27.3 Å². The Balaban J connectivity index is 2.74. The molecule has 1 rings (SSSR count). The quantitative estimate of drug-likeness (QED) is 0.372. The molecule has 0 radical (unpaired) electrons. The molecule has 1 unspecified atom stereocenters. The Kier molecular flexibility index (Phi) is 9.00. The van der Waals surface area contributed by atoms with E-state index in [1.165, 1.54) is 4.90 Å². The second-order valence-corrected chi connectivity index (χ2v) is 5.87. The standard InChI is InChI=1S/C18H27N5O3/c1-13(9-10-19-2)22-18(25)14-7-6-8-15(17(14)20-3)26-12-21-11-16(24)23(4)5/h6-8,10,13,21H,3,9,11-12H2,1-2,4-5H3,(H,22,25). The number of hydrogen-bond acceptors (Lipinski definition) is 6. The number of likely N-dealkylation sites (N-methyl/N-ethyl adjacent to an activating group) is 1. The molecule has 142 valence electrons. The Labute approximate surface area is 154 Å². The lowest BCUT2D eigenvalue weighted by Gasteiger charge is -2.16. The lowest BCUT2D eigenvalue weighted by Crippen LogP contribution is -2.34. The van der Waals surface area contributed by atoms with Crippen molar-refractivity contribution in [1.82, 2.24) is 15.5 Å². The summed E-state index contributed by atoms with van der Waals surface area (Å²) in [5.41, 5.74) is 0.740. The highest BCUT2D eigenvalue weighted by Gasteiger charge is 2.16. The fourth-order valence-corrected chi connectivity index (χ4v) is 2.05. The van der Waals surface area contributed by atoms with E-state index >= 15 is 0 Å². The van der Waals surface area contributed by atoms with E-state index in [0.29, 0.717) is 23.4 Å². The Hall–Kier alpha value is -2.74. The zero-order valence-electron chi connectivity index (χ0n) is 15.8. The number of nitrogens with zero attached hydrogens (tertiary/aromatic N) is 3. The molecule has 1 atom stereocenters. The van der Waals surface area contributed by atoms with Crippen LogP contribution in [0, 0.1) is 0 Å². The maximum atomic E-state index is 12.5. The Morgan fingerprint density at radius 1 is 1.38 bits per heavy atom. The second-order valence-electron chi connectivity index (χ2n) is 5.87. The fourth-order valence-electron chi connectivity index (χ4n) is 2.05. The SMILES string of the molecule is C=Nc1c(OCNCC(=O)N(C)C)cccc1C(=O)NC(C)CC=NC. The number of para-hydroxylation sites is 1. The molecule has 0 saturated heterocycles. The third-order valence-corrected chi connectivity index (χ3v) is 3.53. The molecule has 0 aliphatic heterocycles. The van der Waals surface area contributed by atoms with Crippen LogP contribution >= 0.6 is 0 Å². The Morgan fingerprint density at radius 3 is 2.73 bits per heavy atom. The van der Waals surface area contributed by atoms with Gasteiger partial charge in [0.05, 0.1) is 12.1 Å². The van der Waals surface area contributed by atoms with Crippen molar-refractivity contribution >= 4 is 30.4 Å². The van der Waals surface area contributed by atoms with Crippen molar-refractivity contribution in [2.45, 2.75) is 19.4 Å². The van der Waals surface area contributed by atoms with Gasteiger partial charge in [0.2, 0.25) is 5.91 Å². The maximum Gasteiger partial charge on any atom is 0.253 e. The molecule has 8 heteroatoms. The molecule has 0 aliphatic carbocycles. The first-order chi connectivity index (χ1) is 12.4. The number of amides is 2.